The molecule has 46 heavy (non-hydrogen) atoms. The van der Waals surface area contributed by atoms with Crippen molar-refractivity contribution in [3.63, 3.8) is 0 Å². The van der Waals surface area contributed by atoms with Crippen LogP contribution in [0.4, 0.5) is 0 Å². The Morgan fingerprint density at radius 2 is 1.72 bits per heavy atom. The molecule has 1 saturated carbocycles. The van der Waals surface area contributed by atoms with Crippen LogP contribution in [0.15, 0.2) is 66.7 Å². The van der Waals surface area contributed by atoms with Crippen LogP contribution in [-0.2, 0) is 20.8 Å². The summed E-state index contributed by atoms with van der Waals surface area (Å²) in [7, 11) is 4.54. The van der Waals surface area contributed by atoms with E-state index in [-0.39, 0.29) is 28.9 Å². The van der Waals surface area contributed by atoms with Gasteiger partial charge in [0.2, 0.25) is 11.8 Å². The second kappa shape index (κ2) is 12.1. The number of carbonyl (C=O) groups excluding carboxylic acids is 2. The number of carbonyl (C=O) groups is 2. The summed E-state index contributed by atoms with van der Waals surface area (Å²) in [6.07, 6.45) is -0.244. The normalized spacial score (nSPS) is 28.5. The summed E-state index contributed by atoms with van der Waals surface area (Å²) in [5, 5.41) is 28.8. The Morgan fingerprint density at radius 3 is 2.35 bits per heavy atom. The van der Waals surface area contributed by atoms with Crippen molar-refractivity contribution < 1.29 is 38.7 Å². The van der Waals surface area contributed by atoms with Crippen LogP contribution in [0, 0.1) is 11.8 Å². The molecule has 3 N–H and O–H groups in total. The Bertz CT molecular complexity index is 1600. The van der Waals surface area contributed by atoms with E-state index in [1.54, 1.807) is 48.4 Å². The predicted octanol–water partition coefficient (Wildman–Crippen LogP) is 4.07. The average Bonchev–Trinajstić information content (AvgIpc) is 3.59. The highest BCUT2D eigenvalue weighted by Crippen LogP contribution is 2.68. The number of aliphatic hydroxyl groups is 2. The lowest BCUT2D eigenvalue weighted by Crippen LogP contribution is -2.56. The summed E-state index contributed by atoms with van der Waals surface area (Å²) in [6.45, 7) is 4.19. The lowest BCUT2D eigenvalue weighted by molar-refractivity contribution is -0.167. The van der Waals surface area contributed by atoms with Crippen LogP contribution in [0.1, 0.15) is 55.7 Å². The van der Waals surface area contributed by atoms with Gasteiger partial charge in [-0.05, 0) is 42.5 Å². The summed E-state index contributed by atoms with van der Waals surface area (Å²) in [4.78, 5) is 29.8. The van der Waals surface area contributed by atoms with Gasteiger partial charge in [0.15, 0.2) is 5.60 Å². The molecule has 0 spiro atoms. The van der Waals surface area contributed by atoms with Gasteiger partial charge in [-0.3, -0.25) is 9.59 Å². The number of ether oxygens (including phenoxy) is 4. The molecule has 1 saturated heterocycles. The molecular formula is C36H42N2O8. The van der Waals surface area contributed by atoms with E-state index in [1.165, 1.54) is 14.2 Å². The zero-order valence-corrected chi connectivity index (χ0v) is 26.9. The van der Waals surface area contributed by atoms with Gasteiger partial charge in [0.1, 0.15) is 40.9 Å². The number of methoxy groups -OCH3 is 3. The van der Waals surface area contributed by atoms with Crippen molar-refractivity contribution in [2.75, 3.05) is 27.9 Å². The number of benzene rings is 3. The molecule has 3 aliphatic rings. The molecule has 2 amide bonds. The maximum Gasteiger partial charge on any atom is 0.231 e. The number of aliphatic hydroxyl groups excluding tert-OH is 1. The molecule has 3 aromatic rings. The summed E-state index contributed by atoms with van der Waals surface area (Å²) in [5.74, 6) is -1.38. The third-order valence-electron chi connectivity index (χ3n) is 10.1. The Hall–Kier alpha value is -4.28. The number of amides is 2. The number of hydrogen-bond acceptors (Lipinski definition) is 8. The first-order valence-corrected chi connectivity index (χ1v) is 15.8. The van der Waals surface area contributed by atoms with E-state index in [0.717, 1.165) is 0 Å². The lowest BCUT2D eigenvalue weighted by Gasteiger charge is -2.45. The lowest BCUT2D eigenvalue weighted by atomic mass is 9.75. The number of nitrogens with zero attached hydrogens (tertiary/aromatic N) is 1. The minimum absolute atomic E-state index is 0.132. The van der Waals surface area contributed by atoms with Crippen LogP contribution in [0.5, 0.6) is 23.0 Å². The largest absolute Gasteiger partial charge is 0.497 e. The fourth-order valence-electron chi connectivity index (χ4n) is 7.61. The fourth-order valence-corrected chi connectivity index (χ4v) is 7.61. The molecule has 0 unspecified atom stereocenters. The average molecular weight is 631 g/mol. The number of rotatable bonds is 9. The van der Waals surface area contributed by atoms with Crippen LogP contribution in [0.25, 0.3) is 0 Å². The maximum atomic E-state index is 15.1. The van der Waals surface area contributed by atoms with E-state index >= 15 is 4.79 Å². The van der Waals surface area contributed by atoms with Gasteiger partial charge in [-0.25, -0.2) is 0 Å². The van der Waals surface area contributed by atoms with E-state index in [9.17, 15) is 15.0 Å². The van der Waals surface area contributed by atoms with E-state index in [0.29, 0.717) is 48.4 Å². The Labute approximate surface area is 269 Å². The second-order valence-electron chi connectivity index (χ2n) is 12.4. The molecule has 0 aromatic heterocycles. The molecule has 3 aromatic carbocycles. The quantitative estimate of drug-likeness (QED) is 0.323. The van der Waals surface area contributed by atoms with E-state index < -0.39 is 41.2 Å². The first-order valence-electron chi connectivity index (χ1n) is 15.8. The van der Waals surface area contributed by atoms with Crippen molar-refractivity contribution in [1.82, 2.24) is 10.2 Å². The van der Waals surface area contributed by atoms with Gasteiger partial charge in [0, 0.05) is 30.5 Å². The van der Waals surface area contributed by atoms with Crippen molar-refractivity contribution >= 4 is 11.8 Å². The minimum atomic E-state index is -2.17. The molecule has 10 heteroatoms. The highest BCUT2D eigenvalue weighted by Gasteiger charge is 2.76. The highest BCUT2D eigenvalue weighted by atomic mass is 16.5. The number of fused-ring (bicyclic) bond motifs is 4. The number of likely N-dealkylation sites (tertiary alicyclic amines) is 1. The molecule has 0 radical (unpaired) electrons. The first-order chi connectivity index (χ1) is 22.1. The SMILES string of the molecule is CC[C@@H](C)C(=O)N[C@H]1CCCN1C(=O)[C@H]1[C@H](c2ccccc2)[C@]2(c3ccc(OC)cc3)Oc3cc(OC)cc(OC)c3[C@@]1(O)[C@H]2O. The van der Waals surface area contributed by atoms with Crippen molar-refractivity contribution in [2.24, 2.45) is 11.8 Å². The summed E-state index contributed by atoms with van der Waals surface area (Å²) >= 11 is 0. The molecule has 2 bridgehead atoms. The monoisotopic (exact) mass is 630 g/mol. The molecule has 244 valence electrons. The van der Waals surface area contributed by atoms with Crippen LogP contribution in [0.3, 0.4) is 0 Å². The van der Waals surface area contributed by atoms with Crippen LogP contribution in [0.2, 0.25) is 0 Å². The predicted molar refractivity (Wildman–Crippen MR) is 170 cm³/mol. The summed E-state index contributed by atoms with van der Waals surface area (Å²) < 4.78 is 23.7. The first kappa shape index (κ1) is 31.7. The van der Waals surface area contributed by atoms with Crippen molar-refractivity contribution in [2.45, 2.75) is 62.5 Å². The molecule has 7 atom stereocenters. The van der Waals surface area contributed by atoms with Gasteiger partial charge in [0.05, 0.1) is 32.8 Å². The zero-order chi connectivity index (χ0) is 32.8. The Balaban J connectivity index is 1.60. The molecule has 10 nitrogen and oxygen atoms in total. The zero-order valence-electron chi connectivity index (χ0n) is 26.9. The molecule has 1 aliphatic carbocycles. The van der Waals surface area contributed by atoms with Crippen LogP contribution < -0.4 is 24.3 Å². The third kappa shape index (κ3) is 4.69. The fraction of sp³-hybridized carbons (Fsp3) is 0.444. The molecule has 6 rings (SSSR count). The third-order valence-corrected chi connectivity index (χ3v) is 10.1. The minimum Gasteiger partial charge on any atom is -0.497 e. The molecule has 2 fully saturated rings. The summed E-state index contributed by atoms with van der Waals surface area (Å²) in [5.41, 5.74) is -2.37. The number of hydrogen-bond donors (Lipinski definition) is 3. The second-order valence-corrected chi connectivity index (χ2v) is 12.4. The molecular weight excluding hydrogens is 588 g/mol. The summed E-state index contributed by atoms with van der Waals surface area (Å²) in [6, 6.07) is 19.7. The smallest absolute Gasteiger partial charge is 0.231 e. The maximum absolute atomic E-state index is 15.1. The van der Waals surface area contributed by atoms with Crippen molar-refractivity contribution in [3.8, 4) is 23.0 Å². The number of nitrogens with one attached hydrogen (secondary N) is 1. The van der Waals surface area contributed by atoms with Crippen molar-refractivity contribution in [1.29, 1.82) is 0 Å². The van der Waals surface area contributed by atoms with E-state index in [4.69, 9.17) is 18.9 Å². The van der Waals surface area contributed by atoms with Crippen LogP contribution in [-0.4, -0.2) is 67.1 Å². The van der Waals surface area contributed by atoms with Gasteiger partial charge in [0.25, 0.3) is 0 Å². The van der Waals surface area contributed by atoms with Gasteiger partial charge < -0.3 is 39.4 Å². The standard InChI is InChI=1S/C36H42N2O8/c1-6-21(2)32(39)37-28-13-10-18-38(28)33(40)31-29(22-11-8-7-9-12-22)36(23-14-16-24(43-3)17-15-23)34(41)35(31,42)30-26(45-5)19-25(44-4)20-27(30)46-36/h7-9,11-12,14-17,19-21,28-29,31,34,41-42H,6,10,13,18H2,1-5H3,(H,37,39)/t21-,28-,29+,31-,34-,35+,36+/m1/s1. The van der Waals surface area contributed by atoms with Gasteiger partial charge >= 0.3 is 0 Å². The van der Waals surface area contributed by atoms with Gasteiger partial charge in [-0.2, -0.15) is 0 Å². The van der Waals surface area contributed by atoms with E-state index in [2.05, 4.69) is 5.32 Å². The Kier molecular flexibility index (Phi) is 8.37. The highest BCUT2D eigenvalue weighted by molar-refractivity contribution is 5.86. The molecule has 2 aliphatic heterocycles. The van der Waals surface area contributed by atoms with Crippen LogP contribution >= 0.6 is 0 Å². The van der Waals surface area contributed by atoms with Crippen molar-refractivity contribution in [3.05, 3.63) is 83.4 Å². The van der Waals surface area contributed by atoms with E-state index in [1.807, 2.05) is 44.2 Å². The molecule has 2 heterocycles. The Morgan fingerprint density at radius 1 is 1.02 bits per heavy atom. The van der Waals surface area contributed by atoms with Gasteiger partial charge in [-0.1, -0.05) is 56.3 Å². The topological polar surface area (TPSA) is 127 Å². The van der Waals surface area contributed by atoms with Gasteiger partial charge in [-0.15, -0.1) is 0 Å².